The van der Waals surface area contributed by atoms with Crippen LogP contribution in [-0.4, -0.2) is 22.3 Å². The van der Waals surface area contributed by atoms with Gasteiger partial charge in [-0.2, -0.15) is 0 Å². The maximum absolute atomic E-state index is 12.6. The molecule has 2 aliphatic rings. The molecule has 3 heterocycles. The van der Waals surface area contributed by atoms with Crippen LogP contribution in [0.1, 0.15) is 22.0 Å². The molecule has 0 amide bonds. The van der Waals surface area contributed by atoms with Crippen molar-refractivity contribution >= 4 is 28.7 Å². The Morgan fingerprint density at radius 3 is 2.96 bits per heavy atom. The van der Waals surface area contributed by atoms with Gasteiger partial charge in [-0.3, -0.25) is 9.36 Å². The first-order valence-corrected chi connectivity index (χ1v) is 8.24. The highest BCUT2D eigenvalue weighted by Gasteiger charge is 2.30. The molecule has 2 aromatic carbocycles. The summed E-state index contributed by atoms with van der Waals surface area (Å²) in [5, 5.41) is 0.798. The molecule has 0 aliphatic carbocycles. The van der Waals surface area contributed by atoms with Crippen molar-refractivity contribution in [2.75, 3.05) is 6.79 Å². The van der Waals surface area contributed by atoms with Gasteiger partial charge in [0.25, 0.3) is 0 Å². The number of imidazole rings is 1. The summed E-state index contributed by atoms with van der Waals surface area (Å²) in [4.78, 5) is 17.2. The molecule has 0 spiro atoms. The quantitative estimate of drug-likeness (QED) is 0.684. The van der Waals surface area contributed by atoms with E-state index in [1.165, 1.54) is 0 Å². The number of hydrogen-bond donors (Lipinski definition) is 0. The van der Waals surface area contributed by atoms with Crippen LogP contribution in [0.25, 0.3) is 11.0 Å². The molecule has 5 rings (SSSR count). The molecule has 3 aromatic rings. The third-order valence-corrected chi connectivity index (χ3v) is 5.36. The molecule has 6 heteroatoms. The Labute approximate surface area is 136 Å². The Morgan fingerprint density at radius 2 is 2.00 bits per heavy atom. The Kier molecular flexibility index (Phi) is 2.69. The number of fused-ring (bicyclic) bond motifs is 4. The minimum atomic E-state index is 0.0429. The van der Waals surface area contributed by atoms with Crippen LogP contribution in [-0.2, 0) is 0 Å². The monoisotopic (exact) mass is 324 g/mol. The van der Waals surface area contributed by atoms with Crippen LogP contribution < -0.4 is 9.47 Å². The highest BCUT2D eigenvalue weighted by atomic mass is 32.2. The standard InChI is InChI=1S/C17H12N2O3S/c20-16-8-15(10-5-6-13-14(7-10)22-9-21-13)23-17-18-11-3-1-2-4-12(11)19(16)17/h1-7,15H,8-9H2/t15-/m0/s1. The maximum atomic E-state index is 12.6. The second-order valence-electron chi connectivity index (χ2n) is 5.54. The Bertz CT molecular complexity index is 950. The van der Waals surface area contributed by atoms with E-state index in [0.29, 0.717) is 6.42 Å². The van der Waals surface area contributed by atoms with E-state index in [4.69, 9.17) is 9.47 Å². The fourth-order valence-electron chi connectivity index (χ4n) is 3.04. The third kappa shape index (κ3) is 1.95. The molecule has 0 unspecified atom stereocenters. The molecule has 114 valence electrons. The molecule has 0 bridgehead atoms. The number of carbonyl (C=O) groups excluding carboxylic acids is 1. The van der Waals surface area contributed by atoms with E-state index in [2.05, 4.69) is 4.98 Å². The Morgan fingerprint density at radius 1 is 1.13 bits per heavy atom. The van der Waals surface area contributed by atoms with Gasteiger partial charge in [0.2, 0.25) is 12.7 Å². The minimum absolute atomic E-state index is 0.0429. The van der Waals surface area contributed by atoms with Crippen molar-refractivity contribution in [3.8, 4) is 11.5 Å². The van der Waals surface area contributed by atoms with Crippen molar-refractivity contribution in [3.63, 3.8) is 0 Å². The topological polar surface area (TPSA) is 53.4 Å². The van der Waals surface area contributed by atoms with Crippen LogP contribution in [0, 0.1) is 0 Å². The molecule has 0 saturated heterocycles. The fraction of sp³-hybridized carbons (Fsp3) is 0.176. The number of para-hydroxylation sites is 2. The summed E-state index contributed by atoms with van der Waals surface area (Å²) in [6.07, 6.45) is 0.442. The van der Waals surface area contributed by atoms with Crippen molar-refractivity contribution in [1.82, 2.24) is 9.55 Å². The average Bonchev–Trinajstić information content (AvgIpc) is 3.17. The number of nitrogens with zero attached hydrogens (tertiary/aromatic N) is 2. The van der Waals surface area contributed by atoms with Gasteiger partial charge in [-0.05, 0) is 29.8 Å². The number of ether oxygens (including phenoxy) is 2. The lowest BCUT2D eigenvalue weighted by molar-refractivity contribution is 0.0891. The molecular weight excluding hydrogens is 312 g/mol. The van der Waals surface area contributed by atoms with E-state index in [1.807, 2.05) is 42.5 Å². The lowest BCUT2D eigenvalue weighted by Crippen LogP contribution is -2.19. The molecule has 2 aliphatic heterocycles. The van der Waals surface area contributed by atoms with Crippen LogP contribution in [0.15, 0.2) is 47.6 Å². The molecular formula is C17H12N2O3S. The summed E-state index contributed by atoms with van der Waals surface area (Å²) in [6.45, 7) is 0.255. The van der Waals surface area contributed by atoms with Crippen molar-refractivity contribution in [1.29, 1.82) is 0 Å². The van der Waals surface area contributed by atoms with Crippen molar-refractivity contribution in [2.24, 2.45) is 0 Å². The molecule has 5 nitrogen and oxygen atoms in total. The number of aromatic nitrogens is 2. The summed E-state index contributed by atoms with van der Waals surface area (Å²) >= 11 is 1.62. The van der Waals surface area contributed by atoms with Gasteiger partial charge in [0.15, 0.2) is 16.7 Å². The number of carbonyl (C=O) groups is 1. The first-order valence-electron chi connectivity index (χ1n) is 7.36. The van der Waals surface area contributed by atoms with E-state index in [9.17, 15) is 4.79 Å². The zero-order valence-electron chi connectivity index (χ0n) is 12.1. The van der Waals surface area contributed by atoms with Gasteiger partial charge in [0, 0.05) is 11.7 Å². The van der Waals surface area contributed by atoms with E-state index in [0.717, 1.165) is 33.3 Å². The lowest BCUT2D eigenvalue weighted by atomic mass is 10.1. The van der Waals surface area contributed by atoms with Crippen molar-refractivity contribution < 1.29 is 14.3 Å². The van der Waals surface area contributed by atoms with Crippen LogP contribution in [0.5, 0.6) is 11.5 Å². The average molecular weight is 324 g/mol. The van der Waals surface area contributed by atoms with E-state index in [-0.39, 0.29) is 18.0 Å². The summed E-state index contributed by atoms with van der Waals surface area (Å²) in [5.74, 6) is 1.58. The molecule has 0 saturated carbocycles. The van der Waals surface area contributed by atoms with E-state index < -0.39 is 0 Å². The van der Waals surface area contributed by atoms with Gasteiger partial charge < -0.3 is 9.47 Å². The van der Waals surface area contributed by atoms with Gasteiger partial charge in [0.1, 0.15) is 0 Å². The fourth-order valence-corrected chi connectivity index (χ4v) is 4.26. The SMILES string of the molecule is O=C1C[C@@H](c2ccc3c(c2)OCO3)Sc2nc3ccccc3n21. The third-order valence-electron chi connectivity index (χ3n) is 4.16. The minimum Gasteiger partial charge on any atom is -0.454 e. The molecule has 0 fully saturated rings. The maximum Gasteiger partial charge on any atom is 0.234 e. The smallest absolute Gasteiger partial charge is 0.234 e. The van der Waals surface area contributed by atoms with Gasteiger partial charge >= 0.3 is 0 Å². The zero-order valence-corrected chi connectivity index (χ0v) is 12.9. The summed E-state index contributed by atoms with van der Waals surface area (Å²) in [6, 6.07) is 13.6. The summed E-state index contributed by atoms with van der Waals surface area (Å²) in [5.41, 5.74) is 2.80. The Hall–Kier alpha value is -2.47. The summed E-state index contributed by atoms with van der Waals surface area (Å²) < 4.78 is 12.5. The van der Waals surface area contributed by atoms with E-state index >= 15 is 0 Å². The second-order valence-corrected chi connectivity index (χ2v) is 6.71. The molecule has 0 N–H and O–H groups in total. The van der Waals surface area contributed by atoms with E-state index in [1.54, 1.807) is 16.3 Å². The zero-order chi connectivity index (χ0) is 15.4. The van der Waals surface area contributed by atoms with Crippen LogP contribution >= 0.6 is 11.8 Å². The Balaban J connectivity index is 1.57. The predicted molar refractivity (Wildman–Crippen MR) is 86.1 cm³/mol. The van der Waals surface area contributed by atoms with Gasteiger partial charge in [-0.25, -0.2) is 4.98 Å². The predicted octanol–water partition coefficient (Wildman–Crippen LogP) is 3.64. The number of benzene rings is 2. The first kappa shape index (κ1) is 13.0. The van der Waals surface area contributed by atoms with Gasteiger partial charge in [0.05, 0.1) is 11.0 Å². The number of hydrogen-bond acceptors (Lipinski definition) is 5. The number of rotatable bonds is 1. The largest absolute Gasteiger partial charge is 0.454 e. The normalized spacial score (nSPS) is 19.1. The van der Waals surface area contributed by atoms with Crippen LogP contribution in [0.3, 0.4) is 0 Å². The van der Waals surface area contributed by atoms with Crippen LogP contribution in [0.2, 0.25) is 0 Å². The highest BCUT2D eigenvalue weighted by molar-refractivity contribution is 7.99. The molecule has 23 heavy (non-hydrogen) atoms. The molecule has 0 radical (unpaired) electrons. The molecule has 1 aromatic heterocycles. The van der Waals surface area contributed by atoms with Gasteiger partial charge in [-0.15, -0.1) is 0 Å². The first-order chi connectivity index (χ1) is 11.3. The van der Waals surface area contributed by atoms with Crippen molar-refractivity contribution in [3.05, 3.63) is 48.0 Å². The highest BCUT2D eigenvalue weighted by Crippen LogP contribution is 2.45. The second kappa shape index (κ2) is 4.76. The van der Waals surface area contributed by atoms with Crippen molar-refractivity contribution in [2.45, 2.75) is 16.8 Å². The van der Waals surface area contributed by atoms with Crippen LogP contribution in [0.4, 0.5) is 0 Å². The lowest BCUT2D eigenvalue weighted by Gasteiger charge is -2.22. The van der Waals surface area contributed by atoms with Gasteiger partial charge in [-0.1, -0.05) is 30.0 Å². The molecule has 1 atom stereocenters. The summed E-state index contributed by atoms with van der Waals surface area (Å²) in [7, 11) is 0. The number of thioether (sulfide) groups is 1.